The SMILES string of the molecule is CCC(N)c1c(C)n(CC)c2cc3c(cc12)CNC3. The van der Waals surface area contributed by atoms with E-state index in [1.165, 1.54) is 33.3 Å². The molecule has 1 unspecified atom stereocenters. The molecular formula is C16H23N3. The van der Waals surface area contributed by atoms with Gasteiger partial charge in [-0.15, -0.1) is 0 Å². The topological polar surface area (TPSA) is 43.0 Å². The Morgan fingerprint density at radius 1 is 1.26 bits per heavy atom. The van der Waals surface area contributed by atoms with Crippen LogP contribution in [0.15, 0.2) is 12.1 Å². The predicted molar refractivity (Wildman–Crippen MR) is 80.1 cm³/mol. The average molecular weight is 257 g/mol. The van der Waals surface area contributed by atoms with Gasteiger partial charge in [0.2, 0.25) is 0 Å². The first-order valence-corrected chi connectivity index (χ1v) is 7.28. The van der Waals surface area contributed by atoms with E-state index in [2.05, 4.69) is 42.8 Å². The number of hydrogen-bond acceptors (Lipinski definition) is 2. The highest BCUT2D eigenvalue weighted by Crippen LogP contribution is 2.34. The van der Waals surface area contributed by atoms with E-state index in [1.807, 2.05) is 0 Å². The fourth-order valence-corrected chi connectivity index (χ4v) is 3.38. The van der Waals surface area contributed by atoms with Crippen LogP contribution in [0.1, 0.15) is 48.7 Å². The molecule has 0 radical (unpaired) electrons. The Balaban J connectivity index is 2.33. The zero-order chi connectivity index (χ0) is 13.6. The highest BCUT2D eigenvalue weighted by atomic mass is 15.0. The van der Waals surface area contributed by atoms with E-state index < -0.39 is 0 Å². The molecule has 0 amide bonds. The minimum Gasteiger partial charge on any atom is -0.345 e. The zero-order valence-corrected chi connectivity index (χ0v) is 12.1. The summed E-state index contributed by atoms with van der Waals surface area (Å²) in [5, 5.41) is 4.78. The number of nitrogens with two attached hydrogens (primary N) is 1. The number of aromatic nitrogens is 1. The molecule has 3 heteroatoms. The molecular weight excluding hydrogens is 234 g/mol. The van der Waals surface area contributed by atoms with Crippen LogP contribution in [0.25, 0.3) is 10.9 Å². The number of rotatable bonds is 3. The largest absolute Gasteiger partial charge is 0.345 e. The lowest BCUT2D eigenvalue weighted by atomic mass is 9.99. The highest BCUT2D eigenvalue weighted by Gasteiger charge is 2.20. The molecule has 1 aromatic heterocycles. The van der Waals surface area contributed by atoms with E-state index in [-0.39, 0.29) is 6.04 Å². The van der Waals surface area contributed by atoms with Crippen molar-refractivity contribution >= 4 is 10.9 Å². The molecule has 102 valence electrons. The fraction of sp³-hybridized carbons (Fsp3) is 0.500. The molecule has 1 aromatic carbocycles. The van der Waals surface area contributed by atoms with Gasteiger partial charge in [0.05, 0.1) is 0 Å². The van der Waals surface area contributed by atoms with Gasteiger partial charge in [-0.25, -0.2) is 0 Å². The quantitative estimate of drug-likeness (QED) is 0.887. The van der Waals surface area contributed by atoms with Crippen LogP contribution in [0.5, 0.6) is 0 Å². The molecule has 3 N–H and O–H groups in total. The number of nitrogens with one attached hydrogen (secondary N) is 1. The molecule has 3 nitrogen and oxygen atoms in total. The standard InChI is InChI=1S/C16H23N3/c1-4-14(17)16-10(3)19(5-2)15-7-12-9-18-8-11(12)6-13(15)16/h6-7,14,18H,4-5,8-9,17H2,1-3H3. The van der Waals surface area contributed by atoms with Crippen molar-refractivity contribution in [2.45, 2.75) is 52.9 Å². The van der Waals surface area contributed by atoms with Crippen LogP contribution in [0, 0.1) is 6.92 Å². The van der Waals surface area contributed by atoms with Crippen molar-refractivity contribution in [1.82, 2.24) is 9.88 Å². The third-order valence-electron chi connectivity index (χ3n) is 4.45. The maximum absolute atomic E-state index is 6.35. The van der Waals surface area contributed by atoms with E-state index >= 15 is 0 Å². The molecule has 1 atom stereocenters. The number of nitrogens with zero attached hydrogens (tertiary/aromatic N) is 1. The van der Waals surface area contributed by atoms with Gasteiger partial charge < -0.3 is 15.6 Å². The van der Waals surface area contributed by atoms with Crippen molar-refractivity contribution in [3.8, 4) is 0 Å². The summed E-state index contributed by atoms with van der Waals surface area (Å²) in [7, 11) is 0. The van der Waals surface area contributed by atoms with Crippen LogP contribution >= 0.6 is 0 Å². The Hall–Kier alpha value is -1.32. The summed E-state index contributed by atoms with van der Waals surface area (Å²) in [5.41, 5.74) is 13.2. The first kappa shape index (κ1) is 12.7. The van der Waals surface area contributed by atoms with Crippen LogP contribution in [0.2, 0.25) is 0 Å². The summed E-state index contributed by atoms with van der Waals surface area (Å²) in [5.74, 6) is 0. The second-order valence-electron chi connectivity index (χ2n) is 5.50. The smallest absolute Gasteiger partial charge is 0.0489 e. The average Bonchev–Trinajstić information content (AvgIpc) is 2.96. The van der Waals surface area contributed by atoms with Gasteiger partial charge in [0.1, 0.15) is 0 Å². The molecule has 1 aliphatic heterocycles. The second kappa shape index (κ2) is 4.66. The van der Waals surface area contributed by atoms with Crippen LogP contribution in [0.3, 0.4) is 0 Å². The number of aryl methyl sites for hydroxylation is 1. The van der Waals surface area contributed by atoms with Crippen molar-refractivity contribution in [2.75, 3.05) is 0 Å². The second-order valence-corrected chi connectivity index (χ2v) is 5.50. The molecule has 19 heavy (non-hydrogen) atoms. The van der Waals surface area contributed by atoms with Gasteiger partial charge in [0.25, 0.3) is 0 Å². The molecule has 0 saturated heterocycles. The van der Waals surface area contributed by atoms with Gasteiger partial charge in [0.15, 0.2) is 0 Å². The van der Waals surface area contributed by atoms with E-state index in [1.54, 1.807) is 0 Å². The minimum absolute atomic E-state index is 0.141. The maximum atomic E-state index is 6.35. The number of fused-ring (bicyclic) bond motifs is 2. The Bertz CT molecular complexity index is 625. The Morgan fingerprint density at radius 3 is 2.58 bits per heavy atom. The van der Waals surface area contributed by atoms with E-state index in [0.717, 1.165) is 26.1 Å². The third kappa shape index (κ3) is 1.80. The number of benzene rings is 1. The summed E-state index contributed by atoms with van der Waals surface area (Å²) < 4.78 is 2.40. The minimum atomic E-state index is 0.141. The van der Waals surface area contributed by atoms with Crippen molar-refractivity contribution in [1.29, 1.82) is 0 Å². The van der Waals surface area contributed by atoms with Gasteiger partial charge in [-0.05, 0) is 49.1 Å². The molecule has 1 aliphatic rings. The monoisotopic (exact) mass is 257 g/mol. The lowest BCUT2D eigenvalue weighted by Gasteiger charge is -2.10. The summed E-state index contributed by atoms with van der Waals surface area (Å²) in [6, 6.07) is 4.85. The van der Waals surface area contributed by atoms with Gasteiger partial charge >= 0.3 is 0 Å². The van der Waals surface area contributed by atoms with E-state index in [4.69, 9.17) is 5.73 Å². The Kier molecular flexibility index (Phi) is 3.11. The molecule has 0 spiro atoms. The van der Waals surface area contributed by atoms with Crippen LogP contribution in [-0.4, -0.2) is 4.57 Å². The van der Waals surface area contributed by atoms with Crippen molar-refractivity contribution in [3.05, 3.63) is 34.5 Å². The molecule has 2 aromatic rings. The van der Waals surface area contributed by atoms with Crippen LogP contribution in [0.4, 0.5) is 0 Å². The molecule has 3 rings (SSSR count). The normalized spacial score (nSPS) is 16.0. The predicted octanol–water partition coefficient (Wildman–Crippen LogP) is 2.98. The van der Waals surface area contributed by atoms with Gasteiger partial charge in [-0.2, -0.15) is 0 Å². The van der Waals surface area contributed by atoms with Crippen LogP contribution in [-0.2, 0) is 19.6 Å². The Labute approximate surface area is 114 Å². The van der Waals surface area contributed by atoms with Gasteiger partial charge in [-0.3, -0.25) is 0 Å². The summed E-state index contributed by atoms with van der Waals surface area (Å²) in [6.07, 6.45) is 0.985. The molecule has 0 saturated carbocycles. The number of hydrogen-bond donors (Lipinski definition) is 2. The molecule has 0 aliphatic carbocycles. The molecule has 2 heterocycles. The highest BCUT2D eigenvalue weighted by molar-refractivity contribution is 5.87. The third-order valence-corrected chi connectivity index (χ3v) is 4.45. The lowest BCUT2D eigenvalue weighted by Crippen LogP contribution is -2.10. The van der Waals surface area contributed by atoms with Crippen molar-refractivity contribution < 1.29 is 0 Å². The van der Waals surface area contributed by atoms with E-state index in [0.29, 0.717) is 0 Å². The fourth-order valence-electron chi connectivity index (χ4n) is 3.38. The zero-order valence-electron chi connectivity index (χ0n) is 12.1. The van der Waals surface area contributed by atoms with Crippen LogP contribution < -0.4 is 11.1 Å². The lowest BCUT2D eigenvalue weighted by molar-refractivity contribution is 0.681. The summed E-state index contributed by atoms with van der Waals surface area (Å²) >= 11 is 0. The first-order chi connectivity index (χ1) is 9.17. The van der Waals surface area contributed by atoms with Gasteiger partial charge in [-0.1, -0.05) is 6.92 Å². The first-order valence-electron chi connectivity index (χ1n) is 7.28. The van der Waals surface area contributed by atoms with Crippen molar-refractivity contribution in [3.63, 3.8) is 0 Å². The molecule has 0 fully saturated rings. The maximum Gasteiger partial charge on any atom is 0.0489 e. The summed E-state index contributed by atoms with van der Waals surface area (Å²) in [6.45, 7) is 9.56. The van der Waals surface area contributed by atoms with Gasteiger partial charge in [0, 0.05) is 42.3 Å². The molecule has 0 bridgehead atoms. The van der Waals surface area contributed by atoms with E-state index in [9.17, 15) is 0 Å². The summed E-state index contributed by atoms with van der Waals surface area (Å²) in [4.78, 5) is 0. The Morgan fingerprint density at radius 2 is 1.95 bits per heavy atom. The van der Waals surface area contributed by atoms with Crippen molar-refractivity contribution in [2.24, 2.45) is 5.73 Å².